The quantitative estimate of drug-likeness (QED) is 0.526. The van der Waals surface area contributed by atoms with Crippen LogP contribution in [-0.4, -0.2) is 25.5 Å². The van der Waals surface area contributed by atoms with Crippen LogP contribution in [0.15, 0.2) is 32.7 Å². The summed E-state index contributed by atoms with van der Waals surface area (Å²) < 4.78 is 54.1. The number of benzene rings is 1. The standard InChI is InChI=1S/C19H17F4N3O4S/c1-4-9(2)16(17(28)29)31-13-6-12(11(20)5-10(13)8-24)26-15(27)7-14(19(21,22)23)25(3)18(26)30/h5-7,9,16H,4H2,1-3H3,(H,28,29). The van der Waals surface area contributed by atoms with E-state index in [2.05, 4.69) is 0 Å². The average Bonchev–Trinajstić information content (AvgIpc) is 2.68. The van der Waals surface area contributed by atoms with Crippen LogP contribution < -0.4 is 11.2 Å². The molecule has 0 fully saturated rings. The number of aromatic nitrogens is 2. The van der Waals surface area contributed by atoms with Crippen LogP contribution in [0, 0.1) is 23.1 Å². The predicted molar refractivity (Wildman–Crippen MR) is 104 cm³/mol. The molecule has 31 heavy (non-hydrogen) atoms. The van der Waals surface area contributed by atoms with Crippen LogP contribution in [0.2, 0.25) is 0 Å². The van der Waals surface area contributed by atoms with Crippen molar-refractivity contribution in [3.8, 4) is 11.8 Å². The summed E-state index contributed by atoms with van der Waals surface area (Å²) >= 11 is 0.729. The van der Waals surface area contributed by atoms with Gasteiger partial charge in [0.2, 0.25) is 0 Å². The lowest BCUT2D eigenvalue weighted by Crippen LogP contribution is -2.41. The Labute approximate surface area is 177 Å². The summed E-state index contributed by atoms with van der Waals surface area (Å²) in [6.45, 7) is 3.42. The second-order valence-electron chi connectivity index (χ2n) is 6.72. The summed E-state index contributed by atoms with van der Waals surface area (Å²) in [6, 6.07) is 3.50. The van der Waals surface area contributed by atoms with Gasteiger partial charge in [-0.05, 0) is 18.1 Å². The minimum absolute atomic E-state index is 0.0274. The molecule has 0 amide bonds. The molecule has 0 bridgehead atoms. The fourth-order valence-electron chi connectivity index (χ4n) is 2.78. The minimum Gasteiger partial charge on any atom is -0.480 e. The summed E-state index contributed by atoms with van der Waals surface area (Å²) in [4.78, 5) is 36.3. The van der Waals surface area contributed by atoms with Gasteiger partial charge in [0.25, 0.3) is 5.56 Å². The summed E-state index contributed by atoms with van der Waals surface area (Å²) in [7, 11) is 0.779. The Kier molecular flexibility index (Phi) is 7.00. The number of carboxylic acids is 1. The number of hydrogen-bond donors (Lipinski definition) is 1. The van der Waals surface area contributed by atoms with Crippen molar-refractivity contribution in [2.24, 2.45) is 13.0 Å². The van der Waals surface area contributed by atoms with E-state index in [0.717, 1.165) is 24.9 Å². The Morgan fingerprint density at radius 2 is 1.90 bits per heavy atom. The highest BCUT2D eigenvalue weighted by Gasteiger charge is 2.35. The van der Waals surface area contributed by atoms with E-state index in [1.54, 1.807) is 19.9 Å². The molecule has 2 aromatic rings. The van der Waals surface area contributed by atoms with Gasteiger partial charge in [0.1, 0.15) is 22.8 Å². The largest absolute Gasteiger partial charge is 0.480 e. The molecule has 2 unspecified atom stereocenters. The Morgan fingerprint density at radius 3 is 2.39 bits per heavy atom. The lowest BCUT2D eigenvalue weighted by atomic mass is 10.1. The third-order valence-corrected chi connectivity index (χ3v) is 6.19. The molecule has 0 aliphatic heterocycles. The molecule has 1 aromatic carbocycles. The van der Waals surface area contributed by atoms with Crippen LogP contribution in [0.5, 0.6) is 0 Å². The molecule has 0 radical (unpaired) electrons. The van der Waals surface area contributed by atoms with Gasteiger partial charge in [-0.2, -0.15) is 18.4 Å². The van der Waals surface area contributed by atoms with E-state index >= 15 is 0 Å². The SMILES string of the molecule is CCC(C)C(Sc1cc(-n2c(=O)cc(C(F)(F)F)n(C)c2=O)c(F)cc1C#N)C(=O)O. The number of thioether (sulfide) groups is 1. The van der Waals surface area contributed by atoms with E-state index in [1.165, 1.54) is 0 Å². The third kappa shape index (κ3) is 4.82. The Hall–Kier alpha value is -3.07. The van der Waals surface area contributed by atoms with Crippen LogP contribution in [0.3, 0.4) is 0 Å². The highest BCUT2D eigenvalue weighted by atomic mass is 32.2. The number of nitrogens with zero attached hydrogens (tertiary/aromatic N) is 3. The Morgan fingerprint density at radius 1 is 1.29 bits per heavy atom. The zero-order chi connectivity index (χ0) is 23.7. The molecule has 2 rings (SSSR count). The van der Waals surface area contributed by atoms with Gasteiger partial charge < -0.3 is 5.11 Å². The fraction of sp³-hybridized carbons (Fsp3) is 0.368. The lowest BCUT2D eigenvalue weighted by Gasteiger charge is -2.20. The summed E-state index contributed by atoms with van der Waals surface area (Å²) in [5, 5.41) is 17.7. The lowest BCUT2D eigenvalue weighted by molar-refractivity contribution is -0.144. The smallest absolute Gasteiger partial charge is 0.431 e. The van der Waals surface area contributed by atoms with E-state index in [0.29, 0.717) is 12.5 Å². The molecule has 2 atom stereocenters. The second kappa shape index (κ2) is 8.97. The first-order valence-electron chi connectivity index (χ1n) is 8.87. The van der Waals surface area contributed by atoms with Gasteiger partial charge in [0.05, 0.1) is 11.3 Å². The molecule has 0 saturated carbocycles. The van der Waals surface area contributed by atoms with E-state index in [-0.39, 0.29) is 31.6 Å². The highest BCUT2D eigenvalue weighted by molar-refractivity contribution is 8.00. The van der Waals surface area contributed by atoms with Gasteiger partial charge in [-0.3, -0.25) is 14.2 Å². The summed E-state index contributed by atoms with van der Waals surface area (Å²) in [6.07, 6.45) is -4.50. The maximum Gasteiger partial charge on any atom is 0.431 e. The van der Waals surface area contributed by atoms with E-state index in [9.17, 15) is 42.3 Å². The molecule has 7 nitrogen and oxygen atoms in total. The van der Waals surface area contributed by atoms with Gasteiger partial charge in [-0.25, -0.2) is 13.8 Å². The maximum atomic E-state index is 14.6. The summed E-state index contributed by atoms with van der Waals surface area (Å²) in [5.41, 5.74) is -5.31. The number of carbonyl (C=O) groups is 1. The third-order valence-electron chi connectivity index (χ3n) is 4.68. The van der Waals surface area contributed by atoms with Crippen molar-refractivity contribution in [2.45, 2.75) is 36.6 Å². The van der Waals surface area contributed by atoms with Gasteiger partial charge in [-0.15, -0.1) is 11.8 Å². The van der Waals surface area contributed by atoms with Gasteiger partial charge in [0.15, 0.2) is 0 Å². The van der Waals surface area contributed by atoms with Crippen LogP contribution in [0.4, 0.5) is 17.6 Å². The first-order valence-corrected chi connectivity index (χ1v) is 9.75. The Balaban J connectivity index is 2.76. The first kappa shape index (κ1) is 24.2. The highest BCUT2D eigenvalue weighted by Crippen LogP contribution is 2.34. The average molecular weight is 459 g/mol. The molecule has 12 heteroatoms. The molecule has 0 spiro atoms. The van der Waals surface area contributed by atoms with Crippen molar-refractivity contribution in [1.82, 2.24) is 9.13 Å². The van der Waals surface area contributed by atoms with Crippen LogP contribution in [0.1, 0.15) is 31.5 Å². The van der Waals surface area contributed by atoms with Crippen molar-refractivity contribution < 1.29 is 27.5 Å². The monoisotopic (exact) mass is 459 g/mol. The molecule has 1 aromatic heterocycles. The normalized spacial score (nSPS) is 13.5. The molecule has 1 N–H and O–H groups in total. The maximum absolute atomic E-state index is 14.6. The molecule has 0 aliphatic carbocycles. The van der Waals surface area contributed by atoms with E-state index in [4.69, 9.17) is 0 Å². The van der Waals surface area contributed by atoms with Crippen molar-refractivity contribution >= 4 is 17.7 Å². The molecule has 1 heterocycles. The van der Waals surface area contributed by atoms with Gasteiger partial charge in [-0.1, -0.05) is 20.3 Å². The number of halogens is 4. The first-order chi connectivity index (χ1) is 14.3. The van der Waals surface area contributed by atoms with Crippen LogP contribution in [0.25, 0.3) is 5.69 Å². The van der Waals surface area contributed by atoms with E-state index < -0.39 is 45.8 Å². The zero-order valence-corrected chi connectivity index (χ0v) is 17.3. The van der Waals surface area contributed by atoms with E-state index in [1.807, 2.05) is 0 Å². The number of aliphatic carboxylic acids is 1. The zero-order valence-electron chi connectivity index (χ0n) is 16.5. The van der Waals surface area contributed by atoms with Crippen molar-refractivity contribution in [3.63, 3.8) is 0 Å². The summed E-state index contributed by atoms with van der Waals surface area (Å²) in [5.74, 6) is -2.73. The van der Waals surface area contributed by atoms with Crippen LogP contribution >= 0.6 is 11.8 Å². The van der Waals surface area contributed by atoms with Crippen molar-refractivity contribution in [1.29, 1.82) is 5.26 Å². The number of hydrogen-bond acceptors (Lipinski definition) is 5. The molecule has 166 valence electrons. The fourth-order valence-corrected chi connectivity index (χ4v) is 3.99. The molecular formula is C19H17F4N3O4S. The number of rotatable bonds is 6. The molecule has 0 aliphatic rings. The van der Waals surface area contributed by atoms with Crippen molar-refractivity contribution in [3.05, 3.63) is 56.1 Å². The topological polar surface area (TPSA) is 105 Å². The number of nitriles is 1. The van der Waals surface area contributed by atoms with Crippen molar-refractivity contribution in [2.75, 3.05) is 0 Å². The number of carboxylic acid groups (broad SMARTS) is 1. The predicted octanol–water partition coefficient (Wildman–Crippen LogP) is 3.16. The van der Waals surface area contributed by atoms with Gasteiger partial charge >= 0.3 is 17.8 Å². The van der Waals surface area contributed by atoms with Gasteiger partial charge in [0, 0.05) is 18.0 Å². The molecular weight excluding hydrogens is 442 g/mol. The second-order valence-corrected chi connectivity index (χ2v) is 7.90. The minimum atomic E-state index is -4.98. The van der Waals surface area contributed by atoms with Crippen LogP contribution in [-0.2, 0) is 18.0 Å². The molecule has 0 saturated heterocycles. The number of alkyl halides is 3. The Bertz CT molecular complexity index is 1180.